The first-order valence-corrected chi connectivity index (χ1v) is 38.1. The fourth-order valence-corrected chi connectivity index (χ4v) is 11.7. The lowest BCUT2D eigenvalue weighted by atomic mass is 10.0. The Kier molecular flexibility index (Phi) is 59.2. The summed E-state index contributed by atoms with van der Waals surface area (Å²) >= 11 is 0. The van der Waals surface area contributed by atoms with Gasteiger partial charge in [0.1, 0.15) is 19.3 Å². The van der Waals surface area contributed by atoms with Crippen LogP contribution in [0.1, 0.15) is 343 Å². The first kappa shape index (κ1) is 84.1. The third-order valence-electron chi connectivity index (χ3n) is 15.5. The highest BCUT2D eigenvalue weighted by Crippen LogP contribution is 2.45. The van der Waals surface area contributed by atoms with Gasteiger partial charge in [0.05, 0.1) is 26.4 Å². The fraction of sp³-hybridized carbons (Fsp3) is 0.940. The minimum absolute atomic E-state index is 0.106. The molecular weight excluding hydrogens is 1140 g/mol. The van der Waals surface area contributed by atoms with Gasteiger partial charge in [-0.15, -0.1) is 0 Å². The molecule has 5 atom stereocenters. The molecule has 0 aromatic heterocycles. The summed E-state index contributed by atoms with van der Waals surface area (Å²) in [5.41, 5.74) is 0. The van der Waals surface area contributed by atoms with Crippen molar-refractivity contribution in [1.29, 1.82) is 0 Å². The van der Waals surface area contributed by atoms with Crippen LogP contribution in [-0.2, 0) is 65.4 Å². The molecule has 86 heavy (non-hydrogen) atoms. The standard InChI is InChI=1S/C67H130O17P2/c1-6-9-12-15-17-19-21-22-23-24-29-32-36-41-46-51-65(70)78-57-63(84-67(72)53-48-43-38-34-30-26-25-28-31-35-40-44-49-60(4)5)59-82-86(75,76)80-55-61(68)54-79-85(73,74)81-58-62(56-77-64(69)50-45-39-14-11-8-3)83-66(71)52-47-42-37-33-27-20-18-16-13-10-7-2/h60-63,68H,6-59H2,1-5H3,(H,73,74)(H,75,76)/t61-,62+,63+/m0/s1. The second kappa shape index (κ2) is 60.6. The van der Waals surface area contributed by atoms with Crippen molar-refractivity contribution in [2.24, 2.45) is 5.92 Å². The molecule has 0 saturated heterocycles. The Bertz CT molecular complexity index is 1670. The summed E-state index contributed by atoms with van der Waals surface area (Å²) in [4.78, 5) is 72.1. The zero-order valence-electron chi connectivity index (χ0n) is 55.4. The number of carbonyl (C=O) groups is 4. The molecule has 0 aliphatic heterocycles. The van der Waals surface area contributed by atoms with Gasteiger partial charge in [-0.2, -0.15) is 0 Å². The highest BCUT2D eigenvalue weighted by atomic mass is 31.2. The Morgan fingerprint density at radius 2 is 0.535 bits per heavy atom. The fourth-order valence-electron chi connectivity index (χ4n) is 10.1. The summed E-state index contributed by atoms with van der Waals surface area (Å²) in [5.74, 6) is -1.36. The van der Waals surface area contributed by atoms with E-state index in [0.717, 1.165) is 102 Å². The number of aliphatic hydroxyl groups is 1. The Morgan fingerprint density at radius 3 is 0.791 bits per heavy atom. The van der Waals surface area contributed by atoms with E-state index in [-0.39, 0.29) is 25.7 Å². The normalized spacial score (nSPS) is 14.2. The van der Waals surface area contributed by atoms with Crippen LogP contribution in [0.15, 0.2) is 0 Å². The monoisotopic (exact) mass is 1270 g/mol. The summed E-state index contributed by atoms with van der Waals surface area (Å²) in [5, 5.41) is 10.5. The predicted molar refractivity (Wildman–Crippen MR) is 345 cm³/mol. The number of carbonyl (C=O) groups excluding carboxylic acids is 4. The molecule has 3 N–H and O–H groups in total. The minimum Gasteiger partial charge on any atom is -0.462 e. The van der Waals surface area contributed by atoms with Gasteiger partial charge in [0, 0.05) is 25.7 Å². The highest BCUT2D eigenvalue weighted by molar-refractivity contribution is 7.47. The minimum atomic E-state index is -4.95. The molecule has 2 unspecified atom stereocenters. The van der Waals surface area contributed by atoms with E-state index < -0.39 is 97.5 Å². The van der Waals surface area contributed by atoms with Crippen LogP contribution < -0.4 is 0 Å². The van der Waals surface area contributed by atoms with Crippen LogP contribution in [0, 0.1) is 5.92 Å². The molecule has 0 spiro atoms. The lowest BCUT2D eigenvalue weighted by Crippen LogP contribution is -2.30. The van der Waals surface area contributed by atoms with Crippen LogP contribution in [0.3, 0.4) is 0 Å². The summed E-state index contributed by atoms with van der Waals surface area (Å²) in [6.45, 7) is 7.15. The van der Waals surface area contributed by atoms with E-state index in [1.54, 1.807) is 0 Å². The zero-order chi connectivity index (χ0) is 63.5. The molecule has 0 aliphatic rings. The first-order valence-electron chi connectivity index (χ1n) is 35.1. The molecule has 0 saturated carbocycles. The van der Waals surface area contributed by atoms with Gasteiger partial charge >= 0.3 is 39.5 Å². The Hall–Kier alpha value is -1.94. The Balaban J connectivity index is 5.17. The van der Waals surface area contributed by atoms with Crippen LogP contribution in [0.5, 0.6) is 0 Å². The van der Waals surface area contributed by atoms with Crippen molar-refractivity contribution in [3.8, 4) is 0 Å². The number of unbranched alkanes of at least 4 members (excludes halogenated alkanes) is 39. The van der Waals surface area contributed by atoms with Gasteiger partial charge in [-0.3, -0.25) is 37.3 Å². The van der Waals surface area contributed by atoms with Crippen LogP contribution in [0.2, 0.25) is 0 Å². The van der Waals surface area contributed by atoms with E-state index in [1.165, 1.54) is 161 Å². The maximum absolute atomic E-state index is 13.0. The highest BCUT2D eigenvalue weighted by Gasteiger charge is 2.30. The Labute approximate surface area is 524 Å². The third-order valence-corrected chi connectivity index (χ3v) is 17.4. The molecule has 0 amide bonds. The number of phosphoric ester groups is 2. The van der Waals surface area contributed by atoms with Gasteiger partial charge in [0.25, 0.3) is 0 Å². The van der Waals surface area contributed by atoms with Crippen molar-refractivity contribution in [3.05, 3.63) is 0 Å². The van der Waals surface area contributed by atoms with E-state index in [0.29, 0.717) is 25.7 Å². The van der Waals surface area contributed by atoms with Crippen LogP contribution >= 0.6 is 15.6 Å². The predicted octanol–water partition coefficient (Wildman–Crippen LogP) is 19.0. The molecule has 0 aromatic rings. The molecule has 17 nitrogen and oxygen atoms in total. The van der Waals surface area contributed by atoms with Crippen molar-refractivity contribution in [2.75, 3.05) is 39.6 Å². The molecule has 510 valence electrons. The van der Waals surface area contributed by atoms with E-state index >= 15 is 0 Å². The van der Waals surface area contributed by atoms with Gasteiger partial charge in [0.15, 0.2) is 12.2 Å². The van der Waals surface area contributed by atoms with Crippen molar-refractivity contribution in [2.45, 2.75) is 361 Å². The third kappa shape index (κ3) is 60.9. The zero-order valence-corrected chi connectivity index (χ0v) is 57.2. The number of rotatable bonds is 67. The number of esters is 4. The van der Waals surface area contributed by atoms with Crippen LogP contribution in [0.4, 0.5) is 0 Å². The molecule has 0 fully saturated rings. The molecule has 19 heteroatoms. The number of hydrogen-bond donors (Lipinski definition) is 3. The molecule has 0 rings (SSSR count). The lowest BCUT2D eigenvalue weighted by Gasteiger charge is -2.21. The van der Waals surface area contributed by atoms with E-state index in [9.17, 15) is 43.2 Å². The van der Waals surface area contributed by atoms with E-state index in [1.807, 2.05) is 0 Å². The number of phosphoric acid groups is 2. The van der Waals surface area contributed by atoms with Crippen molar-refractivity contribution >= 4 is 39.5 Å². The van der Waals surface area contributed by atoms with Crippen molar-refractivity contribution in [3.63, 3.8) is 0 Å². The average Bonchev–Trinajstić information content (AvgIpc) is 3.70. The SMILES string of the molecule is CCCCCCCCCCCCCCCCCC(=O)OC[C@H](COP(=O)(O)OC[C@@H](O)COP(=O)(O)OC[C@@H](COC(=O)CCCCCCC)OC(=O)CCCCCCCCCCCCC)OC(=O)CCCCCCCCCCCCCCC(C)C. The van der Waals surface area contributed by atoms with Gasteiger partial charge in [-0.25, -0.2) is 9.13 Å². The second-order valence-electron chi connectivity index (χ2n) is 24.7. The van der Waals surface area contributed by atoms with Gasteiger partial charge in [0.2, 0.25) is 0 Å². The molecule has 0 radical (unpaired) electrons. The molecule has 0 heterocycles. The van der Waals surface area contributed by atoms with Gasteiger partial charge in [-0.05, 0) is 31.6 Å². The van der Waals surface area contributed by atoms with Gasteiger partial charge < -0.3 is 33.8 Å². The number of ether oxygens (including phenoxy) is 4. The summed E-state index contributed by atoms with van der Waals surface area (Å²) in [6.07, 6.45) is 46.1. The topological polar surface area (TPSA) is 237 Å². The summed E-state index contributed by atoms with van der Waals surface area (Å²) in [7, 11) is -9.88. The van der Waals surface area contributed by atoms with Crippen LogP contribution in [-0.4, -0.2) is 96.7 Å². The maximum Gasteiger partial charge on any atom is 0.472 e. The van der Waals surface area contributed by atoms with Crippen LogP contribution in [0.25, 0.3) is 0 Å². The smallest absolute Gasteiger partial charge is 0.462 e. The second-order valence-corrected chi connectivity index (χ2v) is 27.6. The summed E-state index contributed by atoms with van der Waals surface area (Å²) in [6, 6.07) is 0. The first-order chi connectivity index (χ1) is 41.5. The van der Waals surface area contributed by atoms with E-state index in [2.05, 4.69) is 34.6 Å². The molecule has 0 aliphatic carbocycles. The average molecular weight is 1270 g/mol. The summed E-state index contributed by atoms with van der Waals surface area (Å²) < 4.78 is 68.0. The van der Waals surface area contributed by atoms with Crippen molar-refractivity contribution < 1.29 is 80.2 Å². The number of aliphatic hydroxyl groups excluding tert-OH is 1. The maximum atomic E-state index is 13.0. The van der Waals surface area contributed by atoms with Crippen molar-refractivity contribution in [1.82, 2.24) is 0 Å². The van der Waals surface area contributed by atoms with Gasteiger partial charge in [-0.1, -0.05) is 291 Å². The Morgan fingerprint density at radius 1 is 0.314 bits per heavy atom. The number of hydrogen-bond acceptors (Lipinski definition) is 15. The quantitative estimate of drug-likeness (QED) is 0.0222. The molecule has 0 bridgehead atoms. The lowest BCUT2D eigenvalue weighted by molar-refractivity contribution is -0.161. The van der Waals surface area contributed by atoms with E-state index in [4.69, 9.17) is 37.0 Å². The molecular formula is C67H130O17P2. The largest absolute Gasteiger partial charge is 0.472 e. The molecule has 0 aromatic carbocycles.